The maximum atomic E-state index is 13.3. The summed E-state index contributed by atoms with van der Waals surface area (Å²) in [6.45, 7) is 0. The molecule has 31 heavy (non-hydrogen) atoms. The molecule has 5 aliphatic rings. The number of amides is 2. The normalized spacial score (nSPS) is 31.9. The standard InChI is InChI=1S/C25H19NO5/c27-12-14-4-1-2-7-20(14)31-25(30)13-5-3-6-15(10-13)26-23(28)21-16-8-9-17(19-11-18(16)19)22(21)24(26)29/h1-10,12,16-19,21-22H,11H2/t16-,17-,18-,19-,21+,22+/m0/s1. The number of rotatable bonds is 4. The number of allylic oxidation sites excluding steroid dienone is 2. The fourth-order valence-electron chi connectivity index (χ4n) is 5.81. The molecule has 2 saturated carbocycles. The third-order valence-corrected chi connectivity index (χ3v) is 7.25. The maximum absolute atomic E-state index is 13.3. The molecule has 0 radical (unpaired) electrons. The van der Waals surface area contributed by atoms with Crippen molar-refractivity contribution in [3.8, 4) is 5.75 Å². The molecule has 6 atom stereocenters. The van der Waals surface area contributed by atoms with E-state index in [0.29, 0.717) is 23.8 Å². The van der Waals surface area contributed by atoms with Crippen LogP contribution in [0, 0.1) is 35.5 Å². The van der Waals surface area contributed by atoms with Gasteiger partial charge in [-0.05, 0) is 60.4 Å². The van der Waals surface area contributed by atoms with Gasteiger partial charge in [-0.25, -0.2) is 9.69 Å². The predicted molar refractivity (Wildman–Crippen MR) is 110 cm³/mol. The van der Waals surface area contributed by atoms with E-state index in [1.165, 1.54) is 17.0 Å². The number of ether oxygens (including phenoxy) is 1. The number of carbonyl (C=O) groups is 4. The van der Waals surface area contributed by atoms with Gasteiger partial charge < -0.3 is 4.74 Å². The lowest BCUT2D eigenvalue weighted by Crippen LogP contribution is -2.40. The number of nitrogens with zero attached hydrogens (tertiary/aromatic N) is 1. The number of aldehydes is 1. The second kappa shape index (κ2) is 6.48. The first-order valence-corrected chi connectivity index (χ1v) is 10.5. The zero-order valence-electron chi connectivity index (χ0n) is 16.5. The van der Waals surface area contributed by atoms with Crippen molar-refractivity contribution in [3.63, 3.8) is 0 Å². The smallest absolute Gasteiger partial charge is 0.343 e. The van der Waals surface area contributed by atoms with Crippen LogP contribution in [0.5, 0.6) is 5.75 Å². The summed E-state index contributed by atoms with van der Waals surface area (Å²) < 4.78 is 5.38. The second-order valence-corrected chi connectivity index (χ2v) is 8.76. The van der Waals surface area contributed by atoms with Crippen LogP contribution in [0.15, 0.2) is 60.7 Å². The minimum absolute atomic E-state index is 0.148. The highest BCUT2D eigenvalue weighted by atomic mass is 16.5. The SMILES string of the molecule is O=Cc1ccccc1OC(=O)c1cccc(N2C(=O)[C@@H]3[C@H]4C=C[C@@H]([C@@H]5C[C@@H]45)[C@H]3C2=O)c1. The van der Waals surface area contributed by atoms with Crippen LogP contribution >= 0.6 is 0 Å². The molecule has 7 rings (SSSR count). The summed E-state index contributed by atoms with van der Waals surface area (Å²) in [5, 5.41) is 0. The Bertz CT molecular complexity index is 1150. The van der Waals surface area contributed by atoms with Crippen LogP contribution in [0.4, 0.5) is 5.69 Å². The molecule has 2 aromatic rings. The number of benzene rings is 2. The second-order valence-electron chi connectivity index (χ2n) is 8.76. The van der Waals surface area contributed by atoms with E-state index in [9.17, 15) is 19.2 Å². The first kappa shape index (κ1) is 18.2. The van der Waals surface area contributed by atoms with Crippen molar-refractivity contribution in [2.24, 2.45) is 35.5 Å². The Morgan fingerprint density at radius 2 is 1.61 bits per heavy atom. The molecule has 2 bridgehead atoms. The van der Waals surface area contributed by atoms with E-state index >= 15 is 0 Å². The van der Waals surface area contributed by atoms with Crippen LogP contribution in [0.3, 0.4) is 0 Å². The Morgan fingerprint density at radius 1 is 0.935 bits per heavy atom. The summed E-state index contributed by atoms with van der Waals surface area (Å²) in [6.07, 6.45) is 5.99. The molecule has 0 unspecified atom stereocenters. The number of anilines is 1. The summed E-state index contributed by atoms with van der Waals surface area (Å²) in [6, 6.07) is 12.8. The van der Waals surface area contributed by atoms with Crippen molar-refractivity contribution in [2.45, 2.75) is 6.42 Å². The molecular weight excluding hydrogens is 394 g/mol. The highest BCUT2D eigenvalue weighted by Gasteiger charge is 2.67. The molecule has 1 saturated heterocycles. The minimum Gasteiger partial charge on any atom is -0.422 e. The zero-order valence-corrected chi connectivity index (χ0v) is 16.5. The number of esters is 1. The first-order chi connectivity index (χ1) is 15.1. The van der Waals surface area contributed by atoms with E-state index in [0.717, 1.165) is 6.42 Å². The van der Waals surface area contributed by atoms with Crippen LogP contribution in [0.1, 0.15) is 27.1 Å². The van der Waals surface area contributed by atoms with Gasteiger partial charge in [0.15, 0.2) is 6.29 Å². The molecule has 2 aromatic carbocycles. The van der Waals surface area contributed by atoms with Gasteiger partial charge in [-0.3, -0.25) is 14.4 Å². The van der Waals surface area contributed by atoms with Crippen LogP contribution in [0.2, 0.25) is 0 Å². The quantitative estimate of drug-likeness (QED) is 0.253. The Balaban J connectivity index is 1.29. The van der Waals surface area contributed by atoms with E-state index in [1.807, 2.05) is 0 Å². The number of hydrogen-bond acceptors (Lipinski definition) is 5. The molecule has 4 aliphatic carbocycles. The maximum Gasteiger partial charge on any atom is 0.343 e. The Labute approximate surface area is 178 Å². The highest BCUT2D eigenvalue weighted by Crippen LogP contribution is 2.65. The lowest BCUT2D eigenvalue weighted by Gasteiger charge is -2.37. The monoisotopic (exact) mass is 413 g/mol. The van der Waals surface area contributed by atoms with E-state index in [2.05, 4.69) is 12.2 Å². The van der Waals surface area contributed by atoms with Crippen molar-refractivity contribution < 1.29 is 23.9 Å². The summed E-state index contributed by atoms with van der Waals surface area (Å²) >= 11 is 0. The minimum atomic E-state index is -0.657. The Hall–Kier alpha value is -3.54. The number of carbonyl (C=O) groups excluding carboxylic acids is 4. The van der Waals surface area contributed by atoms with Crippen molar-refractivity contribution in [1.29, 1.82) is 0 Å². The average Bonchev–Trinajstić information content (AvgIpc) is 3.57. The molecule has 0 aromatic heterocycles. The van der Waals surface area contributed by atoms with Gasteiger partial charge in [-0.1, -0.05) is 30.4 Å². The van der Waals surface area contributed by atoms with Crippen LogP contribution < -0.4 is 9.64 Å². The van der Waals surface area contributed by atoms with Crippen LogP contribution in [-0.2, 0) is 9.59 Å². The van der Waals surface area contributed by atoms with Gasteiger partial charge in [0.25, 0.3) is 0 Å². The lowest BCUT2D eigenvalue weighted by atomic mass is 9.63. The molecule has 154 valence electrons. The largest absolute Gasteiger partial charge is 0.422 e. The summed E-state index contributed by atoms with van der Waals surface area (Å²) in [4.78, 5) is 51.7. The average molecular weight is 413 g/mol. The van der Waals surface area contributed by atoms with E-state index in [-0.39, 0.29) is 52.4 Å². The number of para-hydroxylation sites is 1. The van der Waals surface area contributed by atoms with Crippen molar-refractivity contribution in [3.05, 3.63) is 71.8 Å². The summed E-state index contributed by atoms with van der Waals surface area (Å²) in [5.41, 5.74) is 0.857. The molecular formula is C25H19NO5. The van der Waals surface area contributed by atoms with Crippen LogP contribution in [-0.4, -0.2) is 24.1 Å². The molecule has 0 spiro atoms. The predicted octanol–water partition coefficient (Wildman–Crippen LogP) is 3.28. The molecule has 2 amide bonds. The summed E-state index contributed by atoms with van der Waals surface area (Å²) in [5.74, 6) is -0.0522. The molecule has 6 heteroatoms. The van der Waals surface area contributed by atoms with Crippen molar-refractivity contribution in [1.82, 2.24) is 0 Å². The third-order valence-electron chi connectivity index (χ3n) is 7.25. The first-order valence-electron chi connectivity index (χ1n) is 10.5. The van der Waals surface area contributed by atoms with Gasteiger partial charge in [0.05, 0.1) is 28.7 Å². The summed E-state index contributed by atoms with van der Waals surface area (Å²) in [7, 11) is 0. The lowest BCUT2D eigenvalue weighted by molar-refractivity contribution is -0.124. The van der Waals surface area contributed by atoms with E-state index < -0.39 is 5.97 Å². The molecule has 1 aliphatic heterocycles. The van der Waals surface area contributed by atoms with Gasteiger partial charge in [-0.2, -0.15) is 0 Å². The number of hydrogen-bond donors (Lipinski definition) is 0. The fraction of sp³-hybridized carbons (Fsp3) is 0.280. The molecule has 3 fully saturated rings. The molecule has 1 heterocycles. The van der Waals surface area contributed by atoms with E-state index in [4.69, 9.17) is 4.74 Å². The topological polar surface area (TPSA) is 80.8 Å². The molecule has 0 N–H and O–H groups in total. The third kappa shape index (κ3) is 2.57. The van der Waals surface area contributed by atoms with Gasteiger partial charge in [-0.15, -0.1) is 0 Å². The Kier molecular flexibility index (Phi) is 3.81. The molecule has 6 nitrogen and oxygen atoms in total. The van der Waals surface area contributed by atoms with Gasteiger partial charge in [0.1, 0.15) is 5.75 Å². The van der Waals surface area contributed by atoms with Gasteiger partial charge in [0, 0.05) is 0 Å². The van der Waals surface area contributed by atoms with Crippen molar-refractivity contribution >= 4 is 29.8 Å². The van der Waals surface area contributed by atoms with Gasteiger partial charge in [0.2, 0.25) is 11.8 Å². The van der Waals surface area contributed by atoms with Crippen LogP contribution in [0.25, 0.3) is 0 Å². The zero-order chi connectivity index (χ0) is 21.3. The highest BCUT2D eigenvalue weighted by molar-refractivity contribution is 6.23. The van der Waals surface area contributed by atoms with Gasteiger partial charge >= 0.3 is 5.97 Å². The van der Waals surface area contributed by atoms with E-state index in [1.54, 1.807) is 36.4 Å². The fourth-order valence-corrected chi connectivity index (χ4v) is 5.81. The Morgan fingerprint density at radius 3 is 2.29 bits per heavy atom. The number of imide groups is 1. The van der Waals surface area contributed by atoms with Crippen molar-refractivity contribution in [2.75, 3.05) is 4.90 Å².